The van der Waals surface area contributed by atoms with Crippen LogP contribution < -0.4 is 4.90 Å². The minimum absolute atomic E-state index is 0.0778. The highest BCUT2D eigenvalue weighted by Gasteiger charge is 2.29. The third-order valence-corrected chi connectivity index (χ3v) is 4.80. The lowest BCUT2D eigenvalue weighted by Gasteiger charge is -2.32. The summed E-state index contributed by atoms with van der Waals surface area (Å²) in [5, 5.41) is 0.458. The van der Waals surface area contributed by atoms with Gasteiger partial charge in [-0.2, -0.15) is 0 Å². The van der Waals surface area contributed by atoms with Crippen LogP contribution in [0.15, 0.2) is 0 Å². The van der Waals surface area contributed by atoms with Crippen molar-refractivity contribution in [3.8, 4) is 0 Å². The van der Waals surface area contributed by atoms with Crippen molar-refractivity contribution in [2.75, 3.05) is 31.7 Å². The molecule has 1 saturated heterocycles. The number of ether oxygens (including phenoxy) is 2. The molecule has 0 amide bonds. The van der Waals surface area contributed by atoms with E-state index in [4.69, 9.17) is 21.1 Å². The molecule has 0 spiro atoms. The van der Waals surface area contributed by atoms with Gasteiger partial charge in [0.25, 0.3) is 0 Å². The van der Waals surface area contributed by atoms with Crippen molar-refractivity contribution in [2.45, 2.75) is 33.6 Å². The van der Waals surface area contributed by atoms with Crippen molar-refractivity contribution in [1.82, 2.24) is 4.98 Å². The lowest BCUT2D eigenvalue weighted by molar-refractivity contribution is -0.146. The first kappa shape index (κ1) is 18.5. The molecule has 0 bridgehead atoms. The van der Waals surface area contributed by atoms with Crippen molar-refractivity contribution < 1.29 is 19.1 Å². The monoisotopic (exact) mass is 354 g/mol. The van der Waals surface area contributed by atoms with E-state index in [9.17, 15) is 9.59 Å². The second kappa shape index (κ2) is 7.83. The number of pyridine rings is 1. The number of methoxy groups -OCH3 is 1. The summed E-state index contributed by atoms with van der Waals surface area (Å²) in [5.41, 5.74) is 1.70. The molecule has 1 aliphatic rings. The Hall–Kier alpha value is -1.82. The molecule has 1 aliphatic heterocycles. The Balaban J connectivity index is 2.24. The zero-order chi connectivity index (χ0) is 17.9. The Morgan fingerprint density at radius 3 is 2.46 bits per heavy atom. The van der Waals surface area contributed by atoms with E-state index in [1.807, 2.05) is 0 Å². The van der Waals surface area contributed by atoms with Gasteiger partial charge >= 0.3 is 11.9 Å². The number of hydrogen-bond donors (Lipinski definition) is 0. The molecule has 0 aliphatic carbocycles. The number of halogens is 1. The predicted octanol–water partition coefficient (Wildman–Crippen LogP) is 2.92. The molecule has 1 aromatic rings. The molecule has 2 rings (SSSR count). The molecule has 0 N–H and O–H groups in total. The van der Waals surface area contributed by atoms with E-state index in [2.05, 4.69) is 9.88 Å². The van der Waals surface area contributed by atoms with Crippen molar-refractivity contribution >= 4 is 29.4 Å². The van der Waals surface area contributed by atoms with Crippen LogP contribution in [0.2, 0.25) is 5.02 Å². The molecular weight excluding hydrogens is 332 g/mol. The Morgan fingerprint density at radius 1 is 1.29 bits per heavy atom. The van der Waals surface area contributed by atoms with Gasteiger partial charge in [0.05, 0.1) is 35.9 Å². The molecule has 0 saturated carbocycles. The van der Waals surface area contributed by atoms with Crippen LogP contribution in [0.4, 0.5) is 5.82 Å². The second-order valence-electron chi connectivity index (χ2n) is 5.84. The third kappa shape index (κ3) is 3.64. The predicted molar refractivity (Wildman–Crippen MR) is 91.6 cm³/mol. The van der Waals surface area contributed by atoms with Gasteiger partial charge in [0.15, 0.2) is 0 Å². The summed E-state index contributed by atoms with van der Waals surface area (Å²) in [7, 11) is 1.41. The molecule has 1 fully saturated rings. The number of hydrogen-bond acceptors (Lipinski definition) is 6. The Bertz CT molecular complexity index is 640. The average molecular weight is 355 g/mol. The smallest absolute Gasteiger partial charge is 0.340 e. The first-order valence-corrected chi connectivity index (χ1v) is 8.45. The minimum Gasteiger partial charge on any atom is -0.469 e. The average Bonchev–Trinajstić information content (AvgIpc) is 2.58. The summed E-state index contributed by atoms with van der Waals surface area (Å²) in [6.45, 7) is 6.98. The first-order valence-electron chi connectivity index (χ1n) is 8.07. The number of rotatable bonds is 4. The van der Waals surface area contributed by atoms with E-state index < -0.39 is 5.97 Å². The molecule has 2 heterocycles. The zero-order valence-electron chi connectivity index (χ0n) is 14.5. The second-order valence-corrected chi connectivity index (χ2v) is 6.22. The number of carbonyl (C=O) groups excluding carboxylic acids is 2. The quantitative estimate of drug-likeness (QED) is 0.774. The van der Waals surface area contributed by atoms with Crippen LogP contribution >= 0.6 is 11.6 Å². The maximum Gasteiger partial charge on any atom is 0.340 e. The van der Waals surface area contributed by atoms with Crippen LogP contribution in [-0.4, -0.2) is 43.7 Å². The topological polar surface area (TPSA) is 68.7 Å². The summed E-state index contributed by atoms with van der Waals surface area (Å²) in [4.78, 5) is 30.3. The van der Waals surface area contributed by atoms with Crippen LogP contribution in [-0.2, 0) is 14.3 Å². The Kier molecular flexibility index (Phi) is 6.04. The lowest BCUT2D eigenvalue weighted by Crippen LogP contribution is -2.37. The molecule has 1 aromatic heterocycles. The van der Waals surface area contributed by atoms with Gasteiger partial charge in [0, 0.05) is 13.1 Å². The number of anilines is 1. The third-order valence-electron chi connectivity index (χ3n) is 4.34. The van der Waals surface area contributed by atoms with E-state index in [1.165, 1.54) is 7.11 Å². The molecule has 132 valence electrons. The van der Waals surface area contributed by atoms with Crippen LogP contribution in [0.25, 0.3) is 0 Å². The summed E-state index contributed by atoms with van der Waals surface area (Å²) in [6, 6.07) is 0. The molecule has 0 unspecified atom stereocenters. The fourth-order valence-corrected chi connectivity index (χ4v) is 3.28. The summed E-state index contributed by atoms with van der Waals surface area (Å²) < 4.78 is 9.89. The first-order chi connectivity index (χ1) is 11.4. The number of aryl methyl sites for hydroxylation is 1. The van der Waals surface area contributed by atoms with Crippen LogP contribution in [0.1, 0.15) is 41.4 Å². The molecule has 0 aromatic carbocycles. The molecule has 6 nitrogen and oxygen atoms in total. The van der Waals surface area contributed by atoms with Gasteiger partial charge in [-0.1, -0.05) is 11.6 Å². The van der Waals surface area contributed by atoms with Crippen molar-refractivity contribution in [2.24, 2.45) is 5.92 Å². The van der Waals surface area contributed by atoms with Gasteiger partial charge in [-0.15, -0.1) is 0 Å². The van der Waals surface area contributed by atoms with Crippen molar-refractivity contribution in [3.63, 3.8) is 0 Å². The zero-order valence-corrected chi connectivity index (χ0v) is 15.3. The molecule has 0 atom stereocenters. The van der Waals surface area contributed by atoms with E-state index in [0.717, 1.165) is 0 Å². The van der Waals surface area contributed by atoms with Crippen LogP contribution in [0.3, 0.4) is 0 Å². The van der Waals surface area contributed by atoms with Gasteiger partial charge < -0.3 is 14.4 Å². The van der Waals surface area contributed by atoms with Gasteiger partial charge in [0.1, 0.15) is 5.82 Å². The fraction of sp³-hybridized carbons (Fsp3) is 0.588. The Morgan fingerprint density at radius 2 is 1.92 bits per heavy atom. The van der Waals surface area contributed by atoms with Crippen LogP contribution in [0, 0.1) is 19.8 Å². The van der Waals surface area contributed by atoms with Gasteiger partial charge in [-0.25, -0.2) is 9.78 Å². The van der Waals surface area contributed by atoms with Gasteiger partial charge in [-0.05, 0) is 39.2 Å². The molecular formula is C17H23ClN2O4. The normalized spacial score (nSPS) is 15.3. The number of aromatic nitrogens is 1. The van der Waals surface area contributed by atoms with E-state index in [-0.39, 0.29) is 11.9 Å². The van der Waals surface area contributed by atoms with E-state index >= 15 is 0 Å². The van der Waals surface area contributed by atoms with E-state index in [1.54, 1.807) is 20.8 Å². The standard InChI is InChI=1S/C17H23ClN2O4/c1-5-24-17(22)13-10(2)14(18)15(19-11(13)3)20-8-6-12(7-9-20)16(21)23-4/h12H,5-9H2,1-4H3. The lowest BCUT2D eigenvalue weighted by atomic mass is 9.97. The summed E-state index contributed by atoms with van der Waals surface area (Å²) >= 11 is 6.47. The highest BCUT2D eigenvalue weighted by atomic mass is 35.5. The van der Waals surface area contributed by atoms with E-state index in [0.29, 0.717) is 60.2 Å². The van der Waals surface area contributed by atoms with Crippen molar-refractivity contribution in [1.29, 1.82) is 0 Å². The maximum absolute atomic E-state index is 12.1. The summed E-state index contributed by atoms with van der Waals surface area (Å²) in [6.07, 6.45) is 1.39. The van der Waals surface area contributed by atoms with Crippen molar-refractivity contribution in [3.05, 3.63) is 21.8 Å². The number of nitrogens with zero attached hydrogens (tertiary/aromatic N) is 2. The SMILES string of the molecule is CCOC(=O)c1c(C)nc(N2CCC(C(=O)OC)CC2)c(Cl)c1C. The molecule has 7 heteroatoms. The fourth-order valence-electron chi connectivity index (χ4n) is 3.02. The Labute approximate surface area is 147 Å². The highest BCUT2D eigenvalue weighted by molar-refractivity contribution is 6.34. The highest BCUT2D eigenvalue weighted by Crippen LogP contribution is 2.33. The minimum atomic E-state index is -0.405. The summed E-state index contributed by atoms with van der Waals surface area (Å²) in [5.74, 6) is 0.00521. The molecule has 0 radical (unpaired) electrons. The largest absolute Gasteiger partial charge is 0.469 e. The maximum atomic E-state index is 12.1. The van der Waals surface area contributed by atoms with Crippen LogP contribution in [0.5, 0.6) is 0 Å². The number of piperidine rings is 1. The number of carbonyl (C=O) groups is 2. The van der Waals surface area contributed by atoms with Gasteiger partial charge in [0.2, 0.25) is 0 Å². The number of esters is 2. The molecule has 24 heavy (non-hydrogen) atoms. The van der Waals surface area contributed by atoms with Gasteiger partial charge in [-0.3, -0.25) is 4.79 Å².